The summed E-state index contributed by atoms with van der Waals surface area (Å²) in [6, 6.07) is 13.1. The molecule has 0 radical (unpaired) electrons. The summed E-state index contributed by atoms with van der Waals surface area (Å²) in [5.74, 6) is 0.945. The number of fused-ring (bicyclic) bond motifs is 1. The zero-order valence-corrected chi connectivity index (χ0v) is 19.7. The first-order valence-corrected chi connectivity index (χ1v) is 12.0. The standard InChI is InChI=1S/C23H29N5OS2/c1-16(2)14-27-21(9-8-20(24)29)25-28(23(27)30)15-26-12-10-19-18(11-13-31-19)22(26)17-6-4-3-5-7-17/h3-7,11,13,16,22H,8-10,12,14-15H2,1-2H3,(H2,24,29). The molecule has 0 fully saturated rings. The van der Waals surface area contributed by atoms with Crippen molar-refractivity contribution in [3.05, 3.63) is 68.4 Å². The molecule has 2 N–H and O–H groups in total. The number of nitrogens with zero attached hydrogens (tertiary/aromatic N) is 4. The first-order valence-electron chi connectivity index (χ1n) is 10.7. The van der Waals surface area contributed by atoms with E-state index in [1.807, 2.05) is 16.0 Å². The second-order valence-electron chi connectivity index (χ2n) is 8.49. The number of hydrogen-bond acceptors (Lipinski definition) is 5. The van der Waals surface area contributed by atoms with Gasteiger partial charge in [-0.2, -0.15) is 5.10 Å². The van der Waals surface area contributed by atoms with E-state index < -0.39 is 0 Å². The zero-order valence-electron chi connectivity index (χ0n) is 18.0. The molecule has 1 aliphatic heterocycles. The Bertz CT molecular complexity index is 1100. The fourth-order valence-electron chi connectivity index (χ4n) is 4.26. The van der Waals surface area contributed by atoms with Crippen LogP contribution in [0.3, 0.4) is 0 Å². The number of hydrogen-bond donors (Lipinski definition) is 1. The topological polar surface area (TPSA) is 69.1 Å². The second kappa shape index (κ2) is 9.46. The molecule has 2 aromatic heterocycles. The van der Waals surface area contributed by atoms with Gasteiger partial charge >= 0.3 is 0 Å². The van der Waals surface area contributed by atoms with Crippen molar-refractivity contribution >= 4 is 29.5 Å². The van der Waals surface area contributed by atoms with Gasteiger partial charge < -0.3 is 10.3 Å². The lowest BCUT2D eigenvalue weighted by Gasteiger charge is -2.36. The minimum absolute atomic E-state index is 0.183. The SMILES string of the molecule is CC(C)Cn1c(CCC(N)=O)nn(CN2CCc3sccc3C2c2ccccc2)c1=S. The summed E-state index contributed by atoms with van der Waals surface area (Å²) in [4.78, 5) is 15.3. The van der Waals surface area contributed by atoms with E-state index in [9.17, 15) is 4.79 Å². The van der Waals surface area contributed by atoms with E-state index in [4.69, 9.17) is 23.1 Å². The summed E-state index contributed by atoms with van der Waals surface area (Å²) in [6.07, 6.45) is 1.82. The van der Waals surface area contributed by atoms with Gasteiger partial charge in [0.05, 0.1) is 12.7 Å². The number of nitrogens with two attached hydrogens (primary N) is 1. The minimum Gasteiger partial charge on any atom is -0.370 e. The lowest BCUT2D eigenvalue weighted by atomic mass is 9.94. The first-order chi connectivity index (χ1) is 14.9. The maximum absolute atomic E-state index is 11.4. The second-order valence-corrected chi connectivity index (χ2v) is 9.85. The first kappa shape index (κ1) is 21.9. The van der Waals surface area contributed by atoms with Gasteiger partial charge in [-0.1, -0.05) is 44.2 Å². The Morgan fingerprint density at radius 3 is 2.77 bits per heavy atom. The van der Waals surface area contributed by atoms with Crippen LogP contribution in [0.15, 0.2) is 41.8 Å². The van der Waals surface area contributed by atoms with E-state index in [-0.39, 0.29) is 18.4 Å². The van der Waals surface area contributed by atoms with Gasteiger partial charge in [0.25, 0.3) is 0 Å². The number of thiophene rings is 1. The van der Waals surface area contributed by atoms with Gasteiger partial charge in [0.1, 0.15) is 5.82 Å². The quantitative estimate of drug-likeness (QED) is 0.518. The van der Waals surface area contributed by atoms with Crippen LogP contribution < -0.4 is 5.73 Å². The molecule has 0 aliphatic carbocycles. The number of benzene rings is 1. The summed E-state index contributed by atoms with van der Waals surface area (Å²) in [5, 5.41) is 7.02. The lowest BCUT2D eigenvalue weighted by Crippen LogP contribution is -2.37. The van der Waals surface area contributed by atoms with Crippen LogP contribution in [0.2, 0.25) is 0 Å². The van der Waals surface area contributed by atoms with Crippen molar-refractivity contribution < 1.29 is 4.79 Å². The minimum atomic E-state index is -0.318. The number of primary amides is 1. The van der Waals surface area contributed by atoms with E-state index in [2.05, 4.69) is 65.1 Å². The Morgan fingerprint density at radius 1 is 1.29 bits per heavy atom. The Kier molecular flexibility index (Phi) is 6.69. The summed E-state index contributed by atoms with van der Waals surface area (Å²) >= 11 is 7.66. The number of carbonyl (C=O) groups excluding carboxylic acids is 1. The molecule has 164 valence electrons. The predicted molar refractivity (Wildman–Crippen MR) is 126 cm³/mol. The Morgan fingerprint density at radius 2 is 2.06 bits per heavy atom. The molecule has 8 heteroatoms. The molecular formula is C23H29N5OS2. The molecular weight excluding hydrogens is 426 g/mol. The number of aromatic nitrogens is 3. The number of amides is 1. The van der Waals surface area contributed by atoms with Crippen LogP contribution in [-0.2, 0) is 30.8 Å². The lowest BCUT2D eigenvalue weighted by molar-refractivity contribution is -0.118. The number of aryl methyl sites for hydroxylation is 1. The molecule has 1 amide bonds. The molecule has 4 rings (SSSR count). The van der Waals surface area contributed by atoms with E-state index in [0.29, 0.717) is 23.8 Å². The van der Waals surface area contributed by atoms with Gasteiger partial charge in [0, 0.05) is 30.8 Å². The summed E-state index contributed by atoms with van der Waals surface area (Å²) in [5.41, 5.74) is 8.05. The zero-order chi connectivity index (χ0) is 22.0. The van der Waals surface area contributed by atoms with Crippen molar-refractivity contribution in [2.24, 2.45) is 11.7 Å². The van der Waals surface area contributed by atoms with Crippen LogP contribution in [0.25, 0.3) is 0 Å². The number of rotatable bonds is 8. The maximum atomic E-state index is 11.4. The molecule has 0 saturated heterocycles. The molecule has 1 atom stereocenters. The Labute approximate surface area is 192 Å². The van der Waals surface area contributed by atoms with Crippen LogP contribution in [0.4, 0.5) is 0 Å². The van der Waals surface area contributed by atoms with Crippen LogP contribution in [0, 0.1) is 10.7 Å². The van der Waals surface area contributed by atoms with Crippen LogP contribution >= 0.6 is 23.6 Å². The van der Waals surface area contributed by atoms with Crippen molar-refractivity contribution in [3.63, 3.8) is 0 Å². The molecule has 6 nitrogen and oxygen atoms in total. The molecule has 3 heterocycles. The highest BCUT2D eigenvalue weighted by Crippen LogP contribution is 2.37. The van der Waals surface area contributed by atoms with Crippen molar-refractivity contribution in [2.75, 3.05) is 6.54 Å². The van der Waals surface area contributed by atoms with Crippen molar-refractivity contribution in [1.82, 2.24) is 19.2 Å². The Hall–Kier alpha value is -2.29. The maximum Gasteiger partial charge on any atom is 0.217 e. The fraction of sp³-hybridized carbons (Fsp3) is 0.435. The van der Waals surface area contributed by atoms with Gasteiger partial charge in [-0.05, 0) is 47.1 Å². The summed E-state index contributed by atoms with van der Waals surface area (Å²) in [7, 11) is 0. The molecule has 0 saturated carbocycles. The smallest absolute Gasteiger partial charge is 0.217 e. The summed E-state index contributed by atoms with van der Waals surface area (Å²) in [6.45, 7) is 6.66. The monoisotopic (exact) mass is 455 g/mol. The van der Waals surface area contributed by atoms with Crippen LogP contribution in [-0.4, -0.2) is 31.7 Å². The van der Waals surface area contributed by atoms with Crippen molar-refractivity contribution in [1.29, 1.82) is 0 Å². The molecule has 1 aromatic carbocycles. The fourth-order valence-corrected chi connectivity index (χ4v) is 5.45. The highest BCUT2D eigenvalue weighted by atomic mass is 32.1. The number of carbonyl (C=O) groups is 1. The van der Waals surface area contributed by atoms with Gasteiger partial charge in [-0.3, -0.25) is 9.69 Å². The predicted octanol–water partition coefficient (Wildman–Crippen LogP) is 4.15. The van der Waals surface area contributed by atoms with Crippen molar-refractivity contribution in [3.8, 4) is 0 Å². The largest absolute Gasteiger partial charge is 0.370 e. The normalized spacial score (nSPS) is 16.5. The third kappa shape index (κ3) is 4.81. The van der Waals surface area contributed by atoms with Gasteiger partial charge in [0.15, 0.2) is 4.77 Å². The van der Waals surface area contributed by atoms with Gasteiger partial charge in [-0.25, -0.2) is 4.68 Å². The average Bonchev–Trinajstić information content (AvgIpc) is 3.32. The Balaban J connectivity index is 1.67. The third-order valence-corrected chi connectivity index (χ3v) is 7.07. The molecule has 0 spiro atoms. The molecule has 31 heavy (non-hydrogen) atoms. The highest BCUT2D eigenvalue weighted by molar-refractivity contribution is 7.71. The van der Waals surface area contributed by atoms with E-state index >= 15 is 0 Å². The van der Waals surface area contributed by atoms with E-state index in [1.165, 1.54) is 16.0 Å². The molecule has 0 bridgehead atoms. The van der Waals surface area contributed by atoms with Crippen LogP contribution in [0.1, 0.15) is 48.1 Å². The highest BCUT2D eigenvalue weighted by Gasteiger charge is 2.30. The third-order valence-electron chi connectivity index (χ3n) is 5.64. The van der Waals surface area contributed by atoms with Crippen molar-refractivity contribution in [2.45, 2.75) is 52.4 Å². The van der Waals surface area contributed by atoms with E-state index in [0.717, 1.165) is 25.3 Å². The van der Waals surface area contributed by atoms with Gasteiger partial charge in [0.2, 0.25) is 5.91 Å². The molecule has 3 aromatic rings. The van der Waals surface area contributed by atoms with Gasteiger partial charge in [-0.15, -0.1) is 11.3 Å². The molecule has 1 unspecified atom stereocenters. The average molecular weight is 456 g/mol. The van der Waals surface area contributed by atoms with E-state index in [1.54, 1.807) is 0 Å². The molecule has 1 aliphatic rings. The van der Waals surface area contributed by atoms with Crippen LogP contribution in [0.5, 0.6) is 0 Å². The summed E-state index contributed by atoms with van der Waals surface area (Å²) < 4.78 is 4.69.